The molecule has 3 rings (SSSR count). The first kappa shape index (κ1) is 22.7. The highest BCUT2D eigenvalue weighted by molar-refractivity contribution is 14.0. The first-order valence-corrected chi connectivity index (χ1v) is 10.2. The highest BCUT2D eigenvalue weighted by atomic mass is 127. The Balaban J connectivity index is 0.00000280. The van der Waals surface area contributed by atoms with Crippen molar-refractivity contribution in [3.8, 4) is 0 Å². The maximum atomic E-state index is 4.85. The van der Waals surface area contributed by atoms with Crippen LogP contribution in [0.5, 0.6) is 0 Å². The van der Waals surface area contributed by atoms with Crippen molar-refractivity contribution < 1.29 is 0 Å². The van der Waals surface area contributed by atoms with Crippen LogP contribution in [0.2, 0.25) is 0 Å². The first-order chi connectivity index (χ1) is 13.2. The van der Waals surface area contributed by atoms with E-state index in [4.69, 9.17) is 4.99 Å². The van der Waals surface area contributed by atoms with Gasteiger partial charge in [-0.25, -0.2) is 0 Å². The van der Waals surface area contributed by atoms with Crippen LogP contribution in [0.4, 0.5) is 0 Å². The number of halogens is 1. The summed E-state index contributed by atoms with van der Waals surface area (Å²) < 4.78 is 2.18. The summed E-state index contributed by atoms with van der Waals surface area (Å²) >= 11 is 0. The topological polar surface area (TPSA) is 44.6 Å². The molecule has 0 bridgehead atoms. The van der Waals surface area contributed by atoms with Gasteiger partial charge in [-0.1, -0.05) is 30.3 Å². The zero-order valence-corrected chi connectivity index (χ0v) is 19.4. The van der Waals surface area contributed by atoms with Crippen molar-refractivity contribution in [2.45, 2.75) is 39.4 Å². The molecule has 1 aliphatic heterocycles. The molecule has 0 spiro atoms. The van der Waals surface area contributed by atoms with E-state index in [9.17, 15) is 0 Å². The van der Waals surface area contributed by atoms with Gasteiger partial charge in [0.25, 0.3) is 0 Å². The SMILES string of the molecule is CCNC(=NCC1CC(C)N(Cc2ccccc2)C1)NCCn1cccc1.I. The van der Waals surface area contributed by atoms with Crippen LogP contribution in [0.1, 0.15) is 25.8 Å². The molecule has 0 amide bonds. The summed E-state index contributed by atoms with van der Waals surface area (Å²) in [4.78, 5) is 7.43. The standard InChI is InChI=1S/C22H33N5.HI/c1-3-23-22(24-11-14-26-12-7-8-13-26)25-16-21-15-19(2)27(18-21)17-20-9-5-4-6-10-20;/h4-10,12-13,19,21H,3,11,14-18H2,1-2H3,(H2,23,24,25);1H. The fourth-order valence-electron chi connectivity index (χ4n) is 3.77. The first-order valence-electron chi connectivity index (χ1n) is 10.2. The molecular formula is C22H34IN5. The number of rotatable bonds is 8. The van der Waals surface area contributed by atoms with Gasteiger partial charge < -0.3 is 15.2 Å². The fraction of sp³-hybridized carbons (Fsp3) is 0.500. The molecular weight excluding hydrogens is 461 g/mol. The van der Waals surface area contributed by atoms with E-state index in [-0.39, 0.29) is 24.0 Å². The van der Waals surface area contributed by atoms with Gasteiger partial charge in [-0.2, -0.15) is 0 Å². The summed E-state index contributed by atoms with van der Waals surface area (Å²) in [5.74, 6) is 1.56. The molecule has 154 valence electrons. The largest absolute Gasteiger partial charge is 0.357 e. The van der Waals surface area contributed by atoms with E-state index < -0.39 is 0 Å². The quantitative estimate of drug-likeness (QED) is 0.335. The van der Waals surface area contributed by atoms with Crippen LogP contribution >= 0.6 is 24.0 Å². The van der Waals surface area contributed by atoms with Crippen molar-refractivity contribution in [1.82, 2.24) is 20.1 Å². The second-order valence-electron chi connectivity index (χ2n) is 7.43. The van der Waals surface area contributed by atoms with E-state index in [2.05, 4.69) is 88.8 Å². The molecule has 5 nitrogen and oxygen atoms in total. The van der Waals surface area contributed by atoms with Crippen LogP contribution in [-0.2, 0) is 13.1 Å². The summed E-state index contributed by atoms with van der Waals surface area (Å²) in [5, 5.41) is 6.81. The number of hydrogen-bond donors (Lipinski definition) is 2. The Bertz CT molecular complexity index is 686. The molecule has 0 radical (unpaired) electrons. The van der Waals surface area contributed by atoms with E-state index >= 15 is 0 Å². The molecule has 28 heavy (non-hydrogen) atoms. The Hall–Kier alpha value is -1.54. The van der Waals surface area contributed by atoms with Crippen LogP contribution in [0.15, 0.2) is 59.9 Å². The Kier molecular flexibility index (Phi) is 9.84. The van der Waals surface area contributed by atoms with Crippen LogP contribution in [-0.4, -0.2) is 47.6 Å². The lowest BCUT2D eigenvalue weighted by molar-refractivity contribution is 0.256. The van der Waals surface area contributed by atoms with Gasteiger partial charge in [-0.05, 0) is 43.9 Å². The zero-order valence-electron chi connectivity index (χ0n) is 17.1. The Morgan fingerprint density at radius 3 is 2.57 bits per heavy atom. The number of benzene rings is 1. The molecule has 1 saturated heterocycles. The van der Waals surface area contributed by atoms with E-state index in [1.54, 1.807) is 0 Å². The summed E-state index contributed by atoms with van der Waals surface area (Å²) in [5.41, 5.74) is 1.40. The monoisotopic (exact) mass is 495 g/mol. The van der Waals surface area contributed by atoms with Gasteiger partial charge in [0.1, 0.15) is 0 Å². The van der Waals surface area contributed by atoms with Gasteiger partial charge >= 0.3 is 0 Å². The fourth-order valence-corrected chi connectivity index (χ4v) is 3.77. The van der Waals surface area contributed by atoms with Crippen molar-refractivity contribution in [2.75, 3.05) is 26.2 Å². The number of aromatic nitrogens is 1. The van der Waals surface area contributed by atoms with Gasteiger partial charge in [-0.15, -0.1) is 24.0 Å². The molecule has 0 saturated carbocycles. The molecule has 2 heterocycles. The average Bonchev–Trinajstić information content (AvgIpc) is 3.31. The van der Waals surface area contributed by atoms with E-state index in [1.165, 1.54) is 12.0 Å². The minimum absolute atomic E-state index is 0. The Morgan fingerprint density at radius 1 is 1.11 bits per heavy atom. The highest BCUT2D eigenvalue weighted by Gasteiger charge is 2.28. The van der Waals surface area contributed by atoms with Crippen LogP contribution in [0.25, 0.3) is 0 Å². The van der Waals surface area contributed by atoms with Gasteiger partial charge in [-0.3, -0.25) is 9.89 Å². The van der Waals surface area contributed by atoms with Crippen molar-refractivity contribution >= 4 is 29.9 Å². The molecule has 2 atom stereocenters. The predicted molar refractivity (Wildman–Crippen MR) is 128 cm³/mol. The number of nitrogens with one attached hydrogen (secondary N) is 2. The van der Waals surface area contributed by atoms with E-state index in [0.717, 1.165) is 45.2 Å². The summed E-state index contributed by atoms with van der Waals surface area (Å²) in [6.45, 7) is 10.2. The molecule has 1 aliphatic rings. The molecule has 2 unspecified atom stereocenters. The molecule has 2 N–H and O–H groups in total. The van der Waals surface area contributed by atoms with Crippen molar-refractivity contribution in [3.63, 3.8) is 0 Å². The average molecular weight is 495 g/mol. The maximum Gasteiger partial charge on any atom is 0.191 e. The van der Waals surface area contributed by atoms with E-state index in [1.807, 2.05) is 0 Å². The van der Waals surface area contributed by atoms with Gasteiger partial charge in [0.05, 0.1) is 0 Å². The van der Waals surface area contributed by atoms with Gasteiger partial charge in [0.15, 0.2) is 5.96 Å². The summed E-state index contributed by atoms with van der Waals surface area (Å²) in [6.07, 6.45) is 5.40. The number of guanidine groups is 1. The molecule has 6 heteroatoms. The van der Waals surface area contributed by atoms with Crippen LogP contribution in [0.3, 0.4) is 0 Å². The predicted octanol–water partition coefficient (Wildman–Crippen LogP) is 3.57. The van der Waals surface area contributed by atoms with Crippen molar-refractivity contribution in [1.29, 1.82) is 0 Å². The molecule has 1 fully saturated rings. The van der Waals surface area contributed by atoms with E-state index in [0.29, 0.717) is 12.0 Å². The zero-order chi connectivity index (χ0) is 18.9. The third-order valence-electron chi connectivity index (χ3n) is 5.20. The normalized spacial score (nSPS) is 20.0. The molecule has 1 aromatic heterocycles. The molecule has 2 aromatic rings. The maximum absolute atomic E-state index is 4.85. The lowest BCUT2D eigenvalue weighted by Crippen LogP contribution is -2.39. The third-order valence-corrected chi connectivity index (χ3v) is 5.20. The highest BCUT2D eigenvalue weighted by Crippen LogP contribution is 2.25. The smallest absolute Gasteiger partial charge is 0.191 e. The van der Waals surface area contributed by atoms with Gasteiger partial charge in [0.2, 0.25) is 0 Å². The van der Waals surface area contributed by atoms with Gasteiger partial charge in [0, 0.05) is 57.7 Å². The Labute approximate surface area is 186 Å². The van der Waals surface area contributed by atoms with Crippen LogP contribution < -0.4 is 10.6 Å². The summed E-state index contributed by atoms with van der Waals surface area (Å²) in [7, 11) is 0. The molecule has 0 aliphatic carbocycles. The molecule has 1 aromatic carbocycles. The lowest BCUT2D eigenvalue weighted by atomic mass is 10.1. The van der Waals surface area contributed by atoms with Crippen molar-refractivity contribution in [2.24, 2.45) is 10.9 Å². The second-order valence-corrected chi connectivity index (χ2v) is 7.43. The van der Waals surface area contributed by atoms with Crippen molar-refractivity contribution in [3.05, 3.63) is 60.4 Å². The number of likely N-dealkylation sites (tertiary alicyclic amines) is 1. The third kappa shape index (κ3) is 7.13. The Morgan fingerprint density at radius 2 is 1.86 bits per heavy atom. The summed E-state index contributed by atoms with van der Waals surface area (Å²) in [6, 6.07) is 15.5. The number of aliphatic imine (C=N–C) groups is 1. The minimum atomic E-state index is 0. The van der Waals surface area contributed by atoms with Crippen LogP contribution in [0, 0.1) is 5.92 Å². The number of nitrogens with zero attached hydrogens (tertiary/aromatic N) is 3. The lowest BCUT2D eigenvalue weighted by Gasteiger charge is -2.20. The number of hydrogen-bond acceptors (Lipinski definition) is 2. The second kappa shape index (κ2) is 12.1. The minimum Gasteiger partial charge on any atom is -0.357 e.